The van der Waals surface area contributed by atoms with E-state index in [0.717, 1.165) is 36.6 Å². The van der Waals surface area contributed by atoms with Crippen LogP contribution in [0.2, 0.25) is 0 Å². The summed E-state index contributed by atoms with van der Waals surface area (Å²) in [5, 5.41) is 0. The van der Waals surface area contributed by atoms with Crippen molar-refractivity contribution in [2.75, 3.05) is 32.7 Å². The number of likely N-dealkylation sites (N-methyl/N-ethyl adjacent to an activating group) is 1. The Bertz CT molecular complexity index is 402. The number of hydrogen-bond acceptors (Lipinski definition) is 4. The molecule has 94 valence electrons. The quantitative estimate of drug-likeness (QED) is 0.844. The van der Waals surface area contributed by atoms with Gasteiger partial charge in [-0.05, 0) is 25.0 Å². The Labute approximate surface area is 102 Å². The summed E-state index contributed by atoms with van der Waals surface area (Å²) >= 11 is 0. The minimum absolute atomic E-state index is 0.000308. The Hall–Kier alpha value is -1.42. The fourth-order valence-electron chi connectivity index (χ4n) is 1.98. The molecule has 1 aliphatic carbocycles. The number of hydrogen-bond donors (Lipinski definition) is 1. The topological polar surface area (TPSA) is 47.7 Å². The Kier molecular flexibility index (Phi) is 3.15. The fraction of sp³-hybridized carbons (Fsp3) is 0.538. The van der Waals surface area contributed by atoms with Gasteiger partial charge in [-0.15, -0.1) is 0 Å². The molecule has 0 heterocycles. The monoisotopic (exact) mass is 236 g/mol. The van der Waals surface area contributed by atoms with Crippen LogP contribution in [0.1, 0.15) is 12.8 Å². The Morgan fingerprint density at radius 2 is 2.00 bits per heavy atom. The van der Waals surface area contributed by atoms with Crippen LogP contribution in [0, 0.1) is 0 Å². The summed E-state index contributed by atoms with van der Waals surface area (Å²) in [6.07, 6.45) is 2.21. The largest absolute Gasteiger partial charge is 0.497 e. The van der Waals surface area contributed by atoms with Crippen LogP contribution < -0.4 is 20.1 Å². The molecule has 4 heteroatoms. The second-order valence-corrected chi connectivity index (χ2v) is 4.76. The molecule has 1 fully saturated rings. The van der Waals surface area contributed by atoms with Crippen molar-refractivity contribution in [3.63, 3.8) is 0 Å². The van der Waals surface area contributed by atoms with Crippen LogP contribution in [0.3, 0.4) is 0 Å². The van der Waals surface area contributed by atoms with Crippen molar-refractivity contribution >= 4 is 5.69 Å². The van der Waals surface area contributed by atoms with Gasteiger partial charge < -0.3 is 20.1 Å². The molecule has 0 bridgehead atoms. The summed E-state index contributed by atoms with van der Waals surface area (Å²) in [4.78, 5) is 2.14. The number of nitrogens with two attached hydrogens (primary N) is 1. The van der Waals surface area contributed by atoms with Gasteiger partial charge in [0.1, 0.15) is 11.5 Å². The van der Waals surface area contributed by atoms with E-state index in [1.54, 1.807) is 14.2 Å². The van der Waals surface area contributed by atoms with Gasteiger partial charge in [0.15, 0.2) is 0 Å². The lowest BCUT2D eigenvalue weighted by Crippen LogP contribution is -2.37. The number of anilines is 1. The van der Waals surface area contributed by atoms with Crippen molar-refractivity contribution in [2.45, 2.75) is 18.4 Å². The van der Waals surface area contributed by atoms with E-state index in [4.69, 9.17) is 15.2 Å². The highest BCUT2D eigenvalue weighted by Crippen LogP contribution is 2.37. The Morgan fingerprint density at radius 1 is 1.29 bits per heavy atom. The second kappa shape index (κ2) is 4.45. The zero-order chi connectivity index (χ0) is 12.5. The van der Waals surface area contributed by atoms with Crippen molar-refractivity contribution in [3.8, 4) is 11.5 Å². The van der Waals surface area contributed by atoms with E-state index in [1.165, 1.54) is 0 Å². The second-order valence-electron chi connectivity index (χ2n) is 4.76. The Balaban J connectivity index is 2.18. The molecule has 0 radical (unpaired) electrons. The van der Waals surface area contributed by atoms with E-state index in [1.807, 2.05) is 25.2 Å². The van der Waals surface area contributed by atoms with E-state index < -0.39 is 0 Å². The SMILES string of the molecule is COc1ccc(N(C)CC2(N)CC2)c(OC)c1. The molecular formula is C13H20N2O2. The predicted octanol–water partition coefficient (Wildman–Crippen LogP) is 1.63. The molecule has 1 aliphatic rings. The molecule has 0 unspecified atom stereocenters. The van der Waals surface area contributed by atoms with E-state index in [9.17, 15) is 0 Å². The number of benzene rings is 1. The highest BCUT2D eigenvalue weighted by atomic mass is 16.5. The third-order valence-corrected chi connectivity index (χ3v) is 3.24. The van der Waals surface area contributed by atoms with Crippen LogP contribution in [-0.4, -0.2) is 33.4 Å². The number of methoxy groups -OCH3 is 2. The van der Waals surface area contributed by atoms with Gasteiger partial charge in [0, 0.05) is 25.2 Å². The summed E-state index contributed by atoms with van der Waals surface area (Å²) in [6.45, 7) is 0.857. The molecule has 1 saturated carbocycles. The van der Waals surface area contributed by atoms with Crippen molar-refractivity contribution in [3.05, 3.63) is 18.2 Å². The van der Waals surface area contributed by atoms with Gasteiger partial charge in [-0.3, -0.25) is 0 Å². The first-order valence-electron chi connectivity index (χ1n) is 5.80. The number of rotatable bonds is 5. The van der Waals surface area contributed by atoms with Gasteiger partial charge in [0.2, 0.25) is 0 Å². The van der Waals surface area contributed by atoms with Gasteiger partial charge in [0.25, 0.3) is 0 Å². The summed E-state index contributed by atoms with van der Waals surface area (Å²) in [5.74, 6) is 1.61. The highest BCUT2D eigenvalue weighted by Gasteiger charge is 2.39. The molecule has 0 atom stereocenters. The first-order valence-corrected chi connectivity index (χ1v) is 5.80. The lowest BCUT2D eigenvalue weighted by atomic mass is 10.2. The molecule has 1 aromatic rings. The summed E-state index contributed by atoms with van der Waals surface area (Å²) in [7, 11) is 5.36. The first-order chi connectivity index (χ1) is 8.08. The Morgan fingerprint density at radius 3 is 2.53 bits per heavy atom. The van der Waals surface area contributed by atoms with Gasteiger partial charge in [-0.25, -0.2) is 0 Å². The summed E-state index contributed by atoms with van der Waals surface area (Å²) in [6, 6.07) is 5.83. The van der Waals surface area contributed by atoms with Crippen molar-refractivity contribution in [2.24, 2.45) is 5.73 Å². The average Bonchev–Trinajstić information content (AvgIpc) is 3.05. The molecule has 2 rings (SSSR count). The molecule has 4 nitrogen and oxygen atoms in total. The molecule has 0 spiro atoms. The van der Waals surface area contributed by atoms with E-state index in [0.29, 0.717) is 0 Å². The normalized spacial score (nSPS) is 16.5. The van der Waals surface area contributed by atoms with Crippen molar-refractivity contribution in [1.82, 2.24) is 0 Å². The molecule has 0 saturated heterocycles. The molecule has 17 heavy (non-hydrogen) atoms. The van der Waals surface area contributed by atoms with E-state index >= 15 is 0 Å². The van der Waals surface area contributed by atoms with Crippen LogP contribution in [0.25, 0.3) is 0 Å². The first kappa shape index (κ1) is 12.0. The van der Waals surface area contributed by atoms with E-state index in [-0.39, 0.29) is 5.54 Å². The fourth-order valence-corrected chi connectivity index (χ4v) is 1.98. The van der Waals surface area contributed by atoms with Gasteiger partial charge in [-0.2, -0.15) is 0 Å². The van der Waals surface area contributed by atoms with Crippen molar-refractivity contribution in [1.29, 1.82) is 0 Å². The van der Waals surface area contributed by atoms with Crippen LogP contribution >= 0.6 is 0 Å². The third-order valence-electron chi connectivity index (χ3n) is 3.24. The van der Waals surface area contributed by atoms with Gasteiger partial charge in [0.05, 0.1) is 19.9 Å². The third kappa shape index (κ3) is 2.64. The average molecular weight is 236 g/mol. The lowest BCUT2D eigenvalue weighted by molar-refractivity contribution is 0.394. The van der Waals surface area contributed by atoms with E-state index in [2.05, 4.69) is 4.90 Å². The van der Waals surface area contributed by atoms with Crippen LogP contribution in [0.5, 0.6) is 11.5 Å². The molecule has 2 N–H and O–H groups in total. The molecule has 1 aromatic carbocycles. The minimum Gasteiger partial charge on any atom is -0.497 e. The van der Waals surface area contributed by atoms with Gasteiger partial charge in [-0.1, -0.05) is 0 Å². The number of nitrogens with zero attached hydrogens (tertiary/aromatic N) is 1. The zero-order valence-electron chi connectivity index (χ0n) is 10.7. The maximum atomic E-state index is 6.13. The lowest BCUT2D eigenvalue weighted by Gasteiger charge is -2.25. The molecular weight excluding hydrogens is 216 g/mol. The van der Waals surface area contributed by atoms with Crippen molar-refractivity contribution < 1.29 is 9.47 Å². The highest BCUT2D eigenvalue weighted by molar-refractivity contribution is 5.61. The smallest absolute Gasteiger partial charge is 0.145 e. The predicted molar refractivity (Wildman–Crippen MR) is 69.0 cm³/mol. The minimum atomic E-state index is -0.000308. The number of ether oxygens (including phenoxy) is 2. The summed E-state index contributed by atoms with van der Waals surface area (Å²) in [5.41, 5.74) is 7.17. The summed E-state index contributed by atoms with van der Waals surface area (Å²) < 4.78 is 10.6. The van der Waals surface area contributed by atoms with Crippen LogP contribution in [0.4, 0.5) is 5.69 Å². The maximum Gasteiger partial charge on any atom is 0.145 e. The maximum absolute atomic E-state index is 6.13. The molecule has 0 aliphatic heterocycles. The van der Waals surface area contributed by atoms with Crippen LogP contribution in [-0.2, 0) is 0 Å². The standard InChI is InChI=1S/C13H20N2O2/c1-15(9-13(14)6-7-13)11-5-4-10(16-2)8-12(11)17-3/h4-5,8H,6-7,9,14H2,1-3H3. The van der Waals surface area contributed by atoms with Gasteiger partial charge >= 0.3 is 0 Å². The molecule has 0 aromatic heterocycles. The molecule has 0 amide bonds. The van der Waals surface area contributed by atoms with Crippen LogP contribution in [0.15, 0.2) is 18.2 Å². The zero-order valence-corrected chi connectivity index (χ0v) is 10.7.